The molecule has 0 unspecified atom stereocenters. The topological polar surface area (TPSA) is 69.6 Å². The van der Waals surface area contributed by atoms with Gasteiger partial charge in [0, 0.05) is 13.1 Å². The number of alkyl halides is 3. The van der Waals surface area contributed by atoms with Crippen LogP contribution in [-0.2, 0) is 4.79 Å². The molecule has 1 fully saturated rings. The van der Waals surface area contributed by atoms with Gasteiger partial charge in [-0.15, -0.1) is 0 Å². The van der Waals surface area contributed by atoms with E-state index in [1.165, 1.54) is 0 Å². The predicted molar refractivity (Wildman–Crippen MR) is 51.4 cm³/mol. The Hall–Kier alpha value is -1.47. The van der Waals surface area contributed by atoms with Crippen LogP contribution in [0.4, 0.5) is 18.0 Å². The number of carbonyl (C=O) groups excluding carboxylic acids is 1. The van der Waals surface area contributed by atoms with Crippen LogP contribution in [0.15, 0.2) is 0 Å². The molecule has 1 atom stereocenters. The van der Waals surface area contributed by atoms with Crippen molar-refractivity contribution in [3.63, 3.8) is 0 Å². The van der Waals surface area contributed by atoms with Gasteiger partial charge < -0.3 is 15.3 Å². The highest BCUT2D eigenvalue weighted by atomic mass is 19.4. The Balaban J connectivity index is 2.49. The minimum atomic E-state index is -4.93. The Morgan fingerprint density at radius 1 is 1.35 bits per heavy atom. The molecule has 0 aromatic heterocycles. The van der Waals surface area contributed by atoms with Gasteiger partial charge in [-0.2, -0.15) is 13.2 Å². The molecule has 17 heavy (non-hydrogen) atoms. The maximum absolute atomic E-state index is 11.9. The number of rotatable bonds is 2. The Kier molecular flexibility index (Phi) is 4.19. The summed E-state index contributed by atoms with van der Waals surface area (Å²) in [5, 5.41) is 10.5. The van der Waals surface area contributed by atoms with Crippen molar-refractivity contribution in [1.82, 2.24) is 10.2 Å². The van der Waals surface area contributed by atoms with Crippen LogP contribution in [0.3, 0.4) is 0 Å². The van der Waals surface area contributed by atoms with E-state index in [0.29, 0.717) is 19.4 Å². The van der Waals surface area contributed by atoms with E-state index in [9.17, 15) is 22.8 Å². The van der Waals surface area contributed by atoms with Gasteiger partial charge in [-0.25, -0.2) is 4.79 Å². The summed E-state index contributed by atoms with van der Waals surface area (Å²) < 4.78 is 35.8. The molecule has 1 aliphatic heterocycles. The normalized spacial score (nSPS) is 21.1. The Morgan fingerprint density at radius 3 is 2.53 bits per heavy atom. The average Bonchev–Trinajstić information content (AvgIpc) is 2.24. The number of amides is 2. The number of carboxylic acid groups (broad SMARTS) is 1. The van der Waals surface area contributed by atoms with Crippen LogP contribution in [0.2, 0.25) is 0 Å². The van der Waals surface area contributed by atoms with Crippen molar-refractivity contribution in [2.45, 2.75) is 31.5 Å². The van der Waals surface area contributed by atoms with Crippen molar-refractivity contribution >= 4 is 12.0 Å². The van der Waals surface area contributed by atoms with E-state index in [1.807, 2.05) is 0 Å². The Labute approximate surface area is 95.6 Å². The summed E-state index contributed by atoms with van der Waals surface area (Å²) in [6.45, 7) is -0.00741. The second kappa shape index (κ2) is 5.24. The third-order valence-corrected chi connectivity index (χ3v) is 2.63. The molecule has 1 heterocycles. The predicted octanol–water partition coefficient (Wildman–Crippen LogP) is 1.20. The summed E-state index contributed by atoms with van der Waals surface area (Å²) in [7, 11) is 0. The van der Waals surface area contributed by atoms with Crippen LogP contribution in [0.25, 0.3) is 0 Å². The largest absolute Gasteiger partial charge is 0.471 e. The maximum atomic E-state index is 11.9. The van der Waals surface area contributed by atoms with E-state index in [-0.39, 0.29) is 6.54 Å². The van der Waals surface area contributed by atoms with E-state index in [1.54, 1.807) is 5.32 Å². The molecule has 2 amide bonds. The minimum Gasteiger partial charge on any atom is -0.465 e. The van der Waals surface area contributed by atoms with E-state index in [0.717, 1.165) is 11.3 Å². The first-order valence-electron chi connectivity index (χ1n) is 5.17. The fourth-order valence-electron chi connectivity index (χ4n) is 1.78. The molecule has 1 rings (SSSR count). The molecule has 0 spiro atoms. The number of piperidine rings is 1. The lowest BCUT2D eigenvalue weighted by atomic mass is 10.0. The second-order valence-electron chi connectivity index (χ2n) is 3.83. The SMILES string of the molecule is O=C(O)N1CCCC[C@H]1CNC(=O)C(F)(F)F. The van der Waals surface area contributed by atoms with Crippen molar-refractivity contribution in [2.24, 2.45) is 0 Å². The molecule has 0 radical (unpaired) electrons. The quantitative estimate of drug-likeness (QED) is 0.777. The van der Waals surface area contributed by atoms with Gasteiger partial charge >= 0.3 is 18.2 Å². The molecule has 0 aromatic rings. The van der Waals surface area contributed by atoms with Gasteiger partial charge in [0.15, 0.2) is 0 Å². The molecule has 0 aromatic carbocycles. The van der Waals surface area contributed by atoms with Crippen molar-refractivity contribution in [3.05, 3.63) is 0 Å². The fraction of sp³-hybridized carbons (Fsp3) is 0.778. The minimum absolute atomic E-state index is 0.294. The first-order valence-corrected chi connectivity index (χ1v) is 5.17. The van der Waals surface area contributed by atoms with Crippen LogP contribution in [0.5, 0.6) is 0 Å². The molecule has 2 N–H and O–H groups in total. The smallest absolute Gasteiger partial charge is 0.465 e. The molecule has 1 saturated heterocycles. The summed E-state index contributed by atoms with van der Waals surface area (Å²) in [6, 6.07) is -0.576. The number of hydrogen-bond donors (Lipinski definition) is 2. The van der Waals surface area contributed by atoms with Crippen LogP contribution >= 0.6 is 0 Å². The van der Waals surface area contributed by atoms with Crippen molar-refractivity contribution in [2.75, 3.05) is 13.1 Å². The zero-order valence-corrected chi connectivity index (χ0v) is 8.96. The van der Waals surface area contributed by atoms with Crippen LogP contribution in [-0.4, -0.2) is 47.3 Å². The highest BCUT2D eigenvalue weighted by Crippen LogP contribution is 2.18. The molecule has 8 heteroatoms. The molecule has 1 aliphatic rings. The third kappa shape index (κ3) is 3.79. The molecule has 0 bridgehead atoms. The van der Waals surface area contributed by atoms with Gasteiger partial charge in [-0.1, -0.05) is 0 Å². The average molecular weight is 254 g/mol. The Morgan fingerprint density at radius 2 is 2.00 bits per heavy atom. The van der Waals surface area contributed by atoms with Crippen molar-refractivity contribution < 1.29 is 27.9 Å². The number of halogens is 3. The Bertz CT molecular complexity index is 306. The van der Waals surface area contributed by atoms with E-state index in [2.05, 4.69) is 0 Å². The van der Waals surface area contributed by atoms with Crippen LogP contribution < -0.4 is 5.32 Å². The zero-order chi connectivity index (χ0) is 13.1. The lowest BCUT2D eigenvalue weighted by Crippen LogP contribution is -2.50. The van der Waals surface area contributed by atoms with E-state index < -0.39 is 24.2 Å². The number of carbonyl (C=O) groups is 2. The molecule has 5 nitrogen and oxygen atoms in total. The molecular formula is C9H13F3N2O3. The number of hydrogen-bond acceptors (Lipinski definition) is 2. The van der Waals surface area contributed by atoms with E-state index >= 15 is 0 Å². The fourth-order valence-corrected chi connectivity index (χ4v) is 1.78. The van der Waals surface area contributed by atoms with Gasteiger partial charge in [0.05, 0.1) is 6.04 Å². The molecule has 0 aliphatic carbocycles. The molecular weight excluding hydrogens is 241 g/mol. The van der Waals surface area contributed by atoms with Gasteiger partial charge in [0.1, 0.15) is 0 Å². The highest BCUT2D eigenvalue weighted by molar-refractivity contribution is 5.81. The summed E-state index contributed by atoms with van der Waals surface area (Å²) >= 11 is 0. The first-order chi connectivity index (χ1) is 7.82. The third-order valence-electron chi connectivity index (χ3n) is 2.63. The standard InChI is InChI=1S/C9H13F3N2O3/c10-9(11,12)7(15)13-5-6-3-1-2-4-14(6)8(16)17/h6H,1-5H2,(H,13,15)(H,16,17)/t6-/m0/s1. The summed E-state index contributed by atoms with van der Waals surface area (Å²) in [5.41, 5.74) is 0. The zero-order valence-electron chi connectivity index (χ0n) is 8.96. The van der Waals surface area contributed by atoms with Crippen LogP contribution in [0, 0.1) is 0 Å². The molecule has 0 saturated carbocycles. The van der Waals surface area contributed by atoms with Crippen molar-refractivity contribution in [3.8, 4) is 0 Å². The van der Waals surface area contributed by atoms with Gasteiger partial charge in [0.25, 0.3) is 0 Å². The number of nitrogens with one attached hydrogen (secondary N) is 1. The summed E-state index contributed by atoms with van der Waals surface area (Å²) in [4.78, 5) is 22.4. The first kappa shape index (κ1) is 13.6. The summed E-state index contributed by atoms with van der Waals surface area (Å²) in [5.74, 6) is -2.03. The van der Waals surface area contributed by atoms with Gasteiger partial charge in [-0.3, -0.25) is 4.79 Å². The van der Waals surface area contributed by atoms with E-state index in [4.69, 9.17) is 5.11 Å². The van der Waals surface area contributed by atoms with Crippen molar-refractivity contribution in [1.29, 1.82) is 0 Å². The summed E-state index contributed by atoms with van der Waals surface area (Å²) in [6.07, 6.45) is -4.20. The lowest BCUT2D eigenvalue weighted by molar-refractivity contribution is -0.173. The second-order valence-corrected chi connectivity index (χ2v) is 3.83. The lowest BCUT2D eigenvalue weighted by Gasteiger charge is -2.33. The van der Waals surface area contributed by atoms with Gasteiger partial charge in [0.2, 0.25) is 0 Å². The van der Waals surface area contributed by atoms with Gasteiger partial charge in [-0.05, 0) is 19.3 Å². The van der Waals surface area contributed by atoms with Crippen LogP contribution in [0.1, 0.15) is 19.3 Å². The maximum Gasteiger partial charge on any atom is 0.471 e. The molecule has 98 valence electrons. The number of nitrogens with zero attached hydrogens (tertiary/aromatic N) is 1. The monoisotopic (exact) mass is 254 g/mol. The highest BCUT2D eigenvalue weighted by Gasteiger charge is 2.39. The number of likely N-dealkylation sites (tertiary alicyclic amines) is 1.